The summed E-state index contributed by atoms with van der Waals surface area (Å²) >= 11 is 0. The second-order valence-corrected chi connectivity index (χ2v) is 5.52. The Hall–Kier alpha value is -1.36. The number of hydrogen-bond acceptors (Lipinski definition) is 3. The Labute approximate surface area is 113 Å². The molecule has 0 bridgehead atoms. The van der Waals surface area contributed by atoms with Crippen LogP contribution in [0.25, 0.3) is 0 Å². The molecule has 0 aromatic carbocycles. The molecule has 0 spiro atoms. The summed E-state index contributed by atoms with van der Waals surface area (Å²) in [6.07, 6.45) is 6.90. The first-order valence-electron chi connectivity index (χ1n) is 7.25. The number of fused-ring (bicyclic) bond motifs is 1. The highest BCUT2D eigenvalue weighted by molar-refractivity contribution is 5.72. The largest absolute Gasteiger partial charge is 0.480 e. The molecule has 104 valence electrons. The van der Waals surface area contributed by atoms with Crippen molar-refractivity contribution in [2.45, 2.75) is 51.1 Å². The molecule has 1 aromatic heterocycles. The van der Waals surface area contributed by atoms with Crippen molar-refractivity contribution in [2.75, 3.05) is 13.1 Å². The van der Waals surface area contributed by atoms with E-state index in [1.54, 1.807) is 0 Å². The molecular formula is C14H21N3O2. The Morgan fingerprint density at radius 1 is 1.47 bits per heavy atom. The van der Waals surface area contributed by atoms with Crippen LogP contribution in [0.5, 0.6) is 0 Å². The van der Waals surface area contributed by atoms with E-state index in [-0.39, 0.29) is 0 Å². The van der Waals surface area contributed by atoms with Gasteiger partial charge in [-0.05, 0) is 38.8 Å². The topological polar surface area (TPSA) is 58.4 Å². The summed E-state index contributed by atoms with van der Waals surface area (Å²) < 4.78 is 1.90. The molecule has 2 aliphatic heterocycles. The first-order valence-corrected chi connectivity index (χ1v) is 7.25. The van der Waals surface area contributed by atoms with E-state index in [4.69, 9.17) is 4.98 Å². The van der Waals surface area contributed by atoms with Gasteiger partial charge in [-0.25, -0.2) is 9.78 Å². The van der Waals surface area contributed by atoms with Gasteiger partial charge in [0.1, 0.15) is 11.9 Å². The third-order valence-corrected chi connectivity index (χ3v) is 4.44. The summed E-state index contributed by atoms with van der Waals surface area (Å²) in [5.74, 6) is 0.222. The van der Waals surface area contributed by atoms with Gasteiger partial charge in [-0.15, -0.1) is 0 Å². The minimum Gasteiger partial charge on any atom is -0.480 e. The molecule has 2 atom stereocenters. The number of hydrogen-bond donors (Lipinski definition) is 1. The van der Waals surface area contributed by atoms with Gasteiger partial charge in [0.15, 0.2) is 0 Å². The zero-order chi connectivity index (χ0) is 13.4. The monoisotopic (exact) mass is 263 g/mol. The maximum absolute atomic E-state index is 11.3. The van der Waals surface area contributed by atoms with Gasteiger partial charge in [0.2, 0.25) is 0 Å². The van der Waals surface area contributed by atoms with Crippen LogP contribution >= 0.6 is 0 Å². The highest BCUT2D eigenvalue weighted by Crippen LogP contribution is 2.33. The lowest BCUT2D eigenvalue weighted by molar-refractivity contribution is -0.141. The molecule has 1 N–H and O–H groups in total. The van der Waals surface area contributed by atoms with Gasteiger partial charge in [0.05, 0.1) is 11.7 Å². The second-order valence-electron chi connectivity index (χ2n) is 5.52. The average Bonchev–Trinajstić information content (AvgIpc) is 3.03. The minimum absolute atomic E-state index is 0.387. The van der Waals surface area contributed by atoms with Gasteiger partial charge in [-0.1, -0.05) is 6.92 Å². The predicted octanol–water partition coefficient (Wildman–Crippen LogP) is 2.00. The lowest BCUT2D eigenvalue weighted by Crippen LogP contribution is -2.24. The Balaban J connectivity index is 1.91. The number of likely N-dealkylation sites (tertiary alicyclic amines) is 1. The molecule has 5 heteroatoms. The van der Waals surface area contributed by atoms with Gasteiger partial charge in [-0.2, -0.15) is 0 Å². The summed E-state index contributed by atoms with van der Waals surface area (Å²) in [6, 6.07) is -0.0287. The van der Waals surface area contributed by atoms with Gasteiger partial charge in [-0.3, -0.25) is 4.90 Å². The molecule has 1 saturated heterocycles. The molecular weight excluding hydrogens is 242 g/mol. The SMILES string of the molecule is CCN1CCCC1c1cn2c(n1)CCCC2C(=O)O. The van der Waals surface area contributed by atoms with Crippen LogP contribution in [0.1, 0.15) is 56.2 Å². The molecule has 0 amide bonds. The predicted molar refractivity (Wildman–Crippen MR) is 71.1 cm³/mol. The van der Waals surface area contributed by atoms with E-state index in [1.807, 2.05) is 10.8 Å². The van der Waals surface area contributed by atoms with Gasteiger partial charge < -0.3 is 9.67 Å². The van der Waals surface area contributed by atoms with Crippen LogP contribution in [0.4, 0.5) is 0 Å². The van der Waals surface area contributed by atoms with Crippen molar-refractivity contribution < 1.29 is 9.90 Å². The Bertz CT molecular complexity index is 483. The summed E-state index contributed by atoms with van der Waals surface area (Å²) in [5.41, 5.74) is 1.07. The number of rotatable bonds is 3. The zero-order valence-electron chi connectivity index (χ0n) is 11.4. The van der Waals surface area contributed by atoms with E-state index >= 15 is 0 Å². The summed E-state index contributed by atoms with van der Waals surface area (Å²) in [6.45, 7) is 4.34. The van der Waals surface area contributed by atoms with Crippen molar-refractivity contribution in [1.29, 1.82) is 0 Å². The number of imidazole rings is 1. The van der Waals surface area contributed by atoms with Crippen LogP contribution < -0.4 is 0 Å². The lowest BCUT2D eigenvalue weighted by atomic mass is 10.1. The van der Waals surface area contributed by atoms with Crippen LogP contribution in [-0.4, -0.2) is 38.6 Å². The van der Waals surface area contributed by atoms with E-state index in [0.717, 1.165) is 50.3 Å². The first kappa shape index (κ1) is 12.7. The standard InChI is InChI=1S/C14H21N3O2/c1-2-16-8-4-6-11(16)10-9-17-12(14(18)19)5-3-7-13(17)15-10/h9,11-12H,2-8H2,1H3,(H,18,19). The van der Waals surface area contributed by atoms with Crippen molar-refractivity contribution in [3.8, 4) is 0 Å². The van der Waals surface area contributed by atoms with Crippen LogP contribution in [0, 0.1) is 0 Å². The van der Waals surface area contributed by atoms with E-state index in [9.17, 15) is 9.90 Å². The van der Waals surface area contributed by atoms with Crippen molar-refractivity contribution in [1.82, 2.24) is 14.5 Å². The van der Waals surface area contributed by atoms with Crippen molar-refractivity contribution in [2.24, 2.45) is 0 Å². The number of carbonyl (C=O) groups is 1. The van der Waals surface area contributed by atoms with Crippen LogP contribution in [0.3, 0.4) is 0 Å². The molecule has 5 nitrogen and oxygen atoms in total. The smallest absolute Gasteiger partial charge is 0.326 e. The van der Waals surface area contributed by atoms with Gasteiger partial charge >= 0.3 is 5.97 Å². The fourth-order valence-electron chi connectivity index (χ4n) is 3.44. The molecule has 3 rings (SSSR count). The fraction of sp³-hybridized carbons (Fsp3) is 0.714. The van der Waals surface area contributed by atoms with Gasteiger partial charge in [0.25, 0.3) is 0 Å². The zero-order valence-corrected chi connectivity index (χ0v) is 11.4. The van der Waals surface area contributed by atoms with Crippen LogP contribution in [0.2, 0.25) is 0 Å². The van der Waals surface area contributed by atoms with Gasteiger partial charge in [0, 0.05) is 12.6 Å². The third kappa shape index (κ3) is 2.16. The Kier molecular flexibility index (Phi) is 3.31. The fourth-order valence-corrected chi connectivity index (χ4v) is 3.44. The maximum Gasteiger partial charge on any atom is 0.326 e. The summed E-state index contributed by atoms with van der Waals surface area (Å²) in [5, 5.41) is 9.30. The number of carboxylic acid groups (broad SMARTS) is 1. The molecule has 3 heterocycles. The van der Waals surface area contributed by atoms with Crippen LogP contribution in [0.15, 0.2) is 6.20 Å². The normalized spacial score (nSPS) is 27.4. The number of aryl methyl sites for hydroxylation is 1. The van der Waals surface area contributed by atoms with E-state index in [2.05, 4.69) is 11.8 Å². The number of carboxylic acids is 1. The van der Waals surface area contributed by atoms with E-state index < -0.39 is 12.0 Å². The molecule has 1 aromatic rings. The molecule has 2 aliphatic rings. The van der Waals surface area contributed by atoms with Crippen molar-refractivity contribution >= 4 is 5.97 Å². The van der Waals surface area contributed by atoms with Crippen molar-refractivity contribution in [3.05, 3.63) is 17.7 Å². The number of aliphatic carboxylic acids is 1. The molecule has 0 radical (unpaired) electrons. The molecule has 2 unspecified atom stereocenters. The maximum atomic E-state index is 11.3. The summed E-state index contributed by atoms with van der Waals surface area (Å²) in [7, 11) is 0. The van der Waals surface area contributed by atoms with E-state index in [0.29, 0.717) is 6.04 Å². The Morgan fingerprint density at radius 3 is 3.05 bits per heavy atom. The second kappa shape index (κ2) is 4.96. The highest BCUT2D eigenvalue weighted by Gasteiger charge is 2.31. The first-order chi connectivity index (χ1) is 9.20. The van der Waals surface area contributed by atoms with E-state index in [1.165, 1.54) is 6.42 Å². The molecule has 1 fully saturated rings. The summed E-state index contributed by atoms with van der Waals surface area (Å²) in [4.78, 5) is 18.5. The third-order valence-electron chi connectivity index (χ3n) is 4.44. The minimum atomic E-state index is -0.733. The highest BCUT2D eigenvalue weighted by atomic mass is 16.4. The Morgan fingerprint density at radius 2 is 2.32 bits per heavy atom. The van der Waals surface area contributed by atoms with Crippen molar-refractivity contribution in [3.63, 3.8) is 0 Å². The number of aromatic nitrogens is 2. The molecule has 0 saturated carbocycles. The number of nitrogens with zero attached hydrogens (tertiary/aromatic N) is 3. The quantitative estimate of drug-likeness (QED) is 0.906. The molecule has 19 heavy (non-hydrogen) atoms. The lowest BCUT2D eigenvalue weighted by Gasteiger charge is -2.21. The molecule has 0 aliphatic carbocycles. The van der Waals surface area contributed by atoms with Crippen LogP contribution in [-0.2, 0) is 11.2 Å². The average molecular weight is 263 g/mol.